The molecule has 0 saturated carbocycles. The normalized spacial score (nSPS) is 19.0. The number of hydrogen-bond donors (Lipinski definition) is 1. The lowest BCUT2D eigenvalue weighted by Gasteiger charge is -2.15. The number of amides is 1. The zero-order chi connectivity index (χ0) is 13.0. The van der Waals surface area contributed by atoms with Gasteiger partial charge >= 0.3 is 0 Å². The first-order chi connectivity index (χ1) is 8.66. The maximum absolute atomic E-state index is 11.8. The van der Waals surface area contributed by atoms with E-state index in [0.717, 1.165) is 0 Å². The highest BCUT2D eigenvalue weighted by molar-refractivity contribution is 6.32. The first-order valence-electron chi connectivity index (χ1n) is 6.00. The number of nitrogens with zero attached hydrogens (tertiary/aromatic N) is 1. The average molecular weight is 270 g/mol. The van der Waals surface area contributed by atoms with Crippen LogP contribution in [0.25, 0.3) is 0 Å². The zero-order valence-corrected chi connectivity index (χ0v) is 10.8. The maximum atomic E-state index is 11.8. The molecule has 1 heterocycles. The van der Waals surface area contributed by atoms with Crippen molar-refractivity contribution >= 4 is 17.5 Å². The molecule has 1 N–H and O–H groups in total. The third-order valence-corrected chi connectivity index (χ3v) is 3.24. The van der Waals surface area contributed by atoms with Crippen molar-refractivity contribution in [2.75, 3.05) is 19.7 Å². The first kappa shape index (κ1) is 13.2. The number of carbonyl (C=O) groups excluding carboxylic acids is 1. The summed E-state index contributed by atoms with van der Waals surface area (Å²) < 4.78 is 5.45. The molecule has 4 nitrogen and oxygen atoms in total. The number of benzene rings is 1. The molecule has 1 aliphatic heterocycles. The number of para-hydroxylation sites is 1. The van der Waals surface area contributed by atoms with Gasteiger partial charge < -0.3 is 14.7 Å². The molecular weight excluding hydrogens is 254 g/mol. The van der Waals surface area contributed by atoms with Crippen molar-refractivity contribution in [3.8, 4) is 5.75 Å². The van der Waals surface area contributed by atoms with E-state index in [-0.39, 0.29) is 12.0 Å². The van der Waals surface area contributed by atoms with Gasteiger partial charge in [-0.2, -0.15) is 0 Å². The molecule has 0 aromatic heterocycles. The van der Waals surface area contributed by atoms with E-state index in [4.69, 9.17) is 16.3 Å². The Labute approximate surface area is 111 Å². The Morgan fingerprint density at radius 2 is 2.28 bits per heavy atom. The number of rotatable bonds is 4. The average Bonchev–Trinajstić information content (AvgIpc) is 2.78. The van der Waals surface area contributed by atoms with Crippen LogP contribution in [0.2, 0.25) is 5.02 Å². The fourth-order valence-corrected chi connectivity index (χ4v) is 2.13. The van der Waals surface area contributed by atoms with Crippen molar-refractivity contribution < 1.29 is 14.6 Å². The molecule has 5 heteroatoms. The molecule has 0 radical (unpaired) electrons. The summed E-state index contributed by atoms with van der Waals surface area (Å²) in [6, 6.07) is 7.17. The van der Waals surface area contributed by atoms with Crippen molar-refractivity contribution in [3.63, 3.8) is 0 Å². The maximum Gasteiger partial charge on any atom is 0.226 e. The molecule has 1 fully saturated rings. The van der Waals surface area contributed by atoms with Crippen LogP contribution in [0.5, 0.6) is 5.75 Å². The summed E-state index contributed by atoms with van der Waals surface area (Å²) in [5.41, 5.74) is 0. The van der Waals surface area contributed by atoms with Gasteiger partial charge in [-0.1, -0.05) is 23.7 Å². The molecule has 98 valence electrons. The molecule has 1 saturated heterocycles. The van der Waals surface area contributed by atoms with Crippen LogP contribution in [0.3, 0.4) is 0 Å². The second-order valence-electron chi connectivity index (χ2n) is 4.31. The van der Waals surface area contributed by atoms with Gasteiger partial charge in [0.05, 0.1) is 24.2 Å². The van der Waals surface area contributed by atoms with Crippen LogP contribution in [0.15, 0.2) is 24.3 Å². The summed E-state index contributed by atoms with van der Waals surface area (Å²) in [7, 11) is 0. The standard InChI is InChI=1S/C13H16ClNO3/c14-11-3-1-2-4-12(11)18-8-6-13(17)15-7-5-10(16)9-15/h1-4,10,16H,5-9H2/t10-/m1/s1. The molecule has 0 spiro atoms. The van der Waals surface area contributed by atoms with Gasteiger partial charge in [0.1, 0.15) is 5.75 Å². The third kappa shape index (κ3) is 3.37. The Bertz CT molecular complexity index is 424. The second-order valence-corrected chi connectivity index (χ2v) is 4.72. The second kappa shape index (κ2) is 6.07. The van der Waals surface area contributed by atoms with Gasteiger partial charge in [-0.15, -0.1) is 0 Å². The molecule has 1 amide bonds. The van der Waals surface area contributed by atoms with Crippen LogP contribution >= 0.6 is 11.6 Å². The van der Waals surface area contributed by atoms with E-state index in [1.165, 1.54) is 0 Å². The van der Waals surface area contributed by atoms with Crippen molar-refractivity contribution in [1.82, 2.24) is 4.90 Å². The van der Waals surface area contributed by atoms with Crippen molar-refractivity contribution in [1.29, 1.82) is 0 Å². The predicted octanol–water partition coefficient (Wildman–Crippen LogP) is 1.70. The Kier molecular flexibility index (Phi) is 4.44. The van der Waals surface area contributed by atoms with Crippen LogP contribution < -0.4 is 4.74 Å². The number of hydrogen-bond acceptors (Lipinski definition) is 3. The molecular formula is C13H16ClNO3. The van der Waals surface area contributed by atoms with Crippen LogP contribution in [0, 0.1) is 0 Å². The van der Waals surface area contributed by atoms with Gasteiger partial charge in [-0.25, -0.2) is 0 Å². The molecule has 0 unspecified atom stereocenters. The van der Waals surface area contributed by atoms with E-state index in [1.807, 2.05) is 12.1 Å². The highest BCUT2D eigenvalue weighted by Gasteiger charge is 2.24. The molecule has 1 atom stereocenters. The molecule has 18 heavy (non-hydrogen) atoms. The topological polar surface area (TPSA) is 49.8 Å². The van der Waals surface area contributed by atoms with Crippen LogP contribution in [-0.2, 0) is 4.79 Å². The summed E-state index contributed by atoms with van der Waals surface area (Å²) in [5, 5.41) is 9.89. The van der Waals surface area contributed by atoms with Gasteiger partial charge in [0, 0.05) is 13.1 Å². The summed E-state index contributed by atoms with van der Waals surface area (Å²) >= 11 is 5.93. The summed E-state index contributed by atoms with van der Waals surface area (Å²) in [4.78, 5) is 13.4. The molecule has 2 rings (SSSR count). The van der Waals surface area contributed by atoms with Gasteiger partial charge in [0.2, 0.25) is 5.91 Å². The molecule has 0 aliphatic carbocycles. The highest BCUT2D eigenvalue weighted by atomic mass is 35.5. The molecule has 1 aromatic rings. The van der Waals surface area contributed by atoms with Crippen molar-refractivity contribution in [2.45, 2.75) is 18.9 Å². The number of ether oxygens (including phenoxy) is 1. The van der Waals surface area contributed by atoms with Crippen LogP contribution in [0.1, 0.15) is 12.8 Å². The quantitative estimate of drug-likeness (QED) is 0.905. The van der Waals surface area contributed by atoms with Crippen LogP contribution in [-0.4, -0.2) is 41.7 Å². The number of carbonyl (C=O) groups is 1. The minimum atomic E-state index is -0.376. The highest BCUT2D eigenvalue weighted by Crippen LogP contribution is 2.23. The summed E-state index contributed by atoms with van der Waals surface area (Å²) in [6.45, 7) is 1.37. The van der Waals surface area contributed by atoms with E-state index in [2.05, 4.69) is 0 Å². The Balaban J connectivity index is 1.75. The van der Waals surface area contributed by atoms with E-state index in [1.54, 1.807) is 17.0 Å². The number of halogens is 1. The predicted molar refractivity (Wildman–Crippen MR) is 68.8 cm³/mol. The zero-order valence-electron chi connectivity index (χ0n) is 10.0. The monoisotopic (exact) mass is 269 g/mol. The molecule has 1 aromatic carbocycles. The molecule has 0 bridgehead atoms. The Morgan fingerprint density at radius 3 is 2.94 bits per heavy atom. The van der Waals surface area contributed by atoms with Gasteiger partial charge in [0.25, 0.3) is 0 Å². The lowest BCUT2D eigenvalue weighted by Crippen LogP contribution is -2.30. The largest absolute Gasteiger partial charge is 0.491 e. The van der Waals surface area contributed by atoms with E-state index >= 15 is 0 Å². The number of likely N-dealkylation sites (tertiary alicyclic amines) is 1. The van der Waals surface area contributed by atoms with E-state index < -0.39 is 0 Å². The molecule has 1 aliphatic rings. The van der Waals surface area contributed by atoms with Gasteiger partial charge in [0.15, 0.2) is 0 Å². The van der Waals surface area contributed by atoms with Gasteiger partial charge in [-0.3, -0.25) is 4.79 Å². The number of β-amino-alcohol motifs (C(OH)–C–C–N with tert-alkyl or cyclic N) is 1. The lowest BCUT2D eigenvalue weighted by molar-refractivity contribution is -0.131. The minimum Gasteiger partial charge on any atom is -0.491 e. The summed E-state index contributed by atoms with van der Waals surface area (Å²) in [5.74, 6) is 0.604. The fraction of sp³-hybridized carbons (Fsp3) is 0.462. The van der Waals surface area contributed by atoms with Crippen molar-refractivity contribution in [2.24, 2.45) is 0 Å². The minimum absolute atomic E-state index is 0.0126. The lowest BCUT2D eigenvalue weighted by atomic mass is 10.3. The summed E-state index contributed by atoms with van der Waals surface area (Å²) in [6.07, 6.45) is 0.591. The Hall–Kier alpha value is -1.26. The van der Waals surface area contributed by atoms with Crippen LogP contribution in [0.4, 0.5) is 0 Å². The smallest absolute Gasteiger partial charge is 0.226 e. The van der Waals surface area contributed by atoms with Gasteiger partial charge in [-0.05, 0) is 18.6 Å². The SMILES string of the molecule is O=C(CCOc1ccccc1Cl)N1CC[C@@H](O)C1. The fourth-order valence-electron chi connectivity index (χ4n) is 1.94. The Morgan fingerprint density at radius 1 is 1.50 bits per heavy atom. The number of aliphatic hydroxyl groups excluding tert-OH is 1. The van der Waals surface area contributed by atoms with E-state index in [9.17, 15) is 9.90 Å². The van der Waals surface area contributed by atoms with Crippen molar-refractivity contribution in [3.05, 3.63) is 29.3 Å². The number of aliphatic hydroxyl groups is 1. The third-order valence-electron chi connectivity index (χ3n) is 2.93. The van der Waals surface area contributed by atoms with E-state index in [0.29, 0.717) is 43.3 Å². The first-order valence-corrected chi connectivity index (χ1v) is 6.38.